The second-order valence-corrected chi connectivity index (χ2v) is 3.74. The largest absolute Gasteiger partial charge is 0.385 e. The van der Waals surface area contributed by atoms with Crippen LogP contribution in [0.3, 0.4) is 0 Å². The van der Waals surface area contributed by atoms with Gasteiger partial charge in [0.1, 0.15) is 0 Å². The number of alkyl halides is 1. The number of halogens is 1. The zero-order chi connectivity index (χ0) is 11.9. The minimum Gasteiger partial charge on any atom is -0.385 e. The van der Waals surface area contributed by atoms with Crippen LogP contribution in [0.5, 0.6) is 0 Å². The molecule has 0 aromatic carbocycles. The molecule has 0 aromatic heterocycles. The van der Waals surface area contributed by atoms with E-state index in [0.717, 1.165) is 52.4 Å². The normalized spacial score (nSPS) is 10.9. The van der Waals surface area contributed by atoms with Crippen LogP contribution in [0.1, 0.15) is 12.8 Å². The van der Waals surface area contributed by atoms with Crippen molar-refractivity contribution in [1.29, 1.82) is 0 Å². The lowest BCUT2D eigenvalue weighted by atomic mass is 10.4. The zero-order valence-electron chi connectivity index (χ0n) is 10.2. The molecule has 0 aliphatic carbocycles. The highest BCUT2D eigenvalue weighted by molar-refractivity contribution is 6.17. The average Bonchev–Trinajstić information content (AvgIpc) is 2.31. The van der Waals surface area contributed by atoms with Crippen LogP contribution in [0.15, 0.2) is 0 Å². The molecule has 16 heavy (non-hydrogen) atoms. The molecule has 0 bridgehead atoms. The summed E-state index contributed by atoms with van der Waals surface area (Å²) in [6.45, 7) is 5.57. The van der Waals surface area contributed by atoms with Crippen molar-refractivity contribution < 1.29 is 14.2 Å². The Morgan fingerprint density at radius 3 is 2.38 bits per heavy atom. The maximum atomic E-state index is 5.47. The molecule has 0 heterocycles. The molecule has 0 aliphatic rings. The van der Waals surface area contributed by atoms with Crippen LogP contribution in [0, 0.1) is 0 Å². The van der Waals surface area contributed by atoms with E-state index in [2.05, 4.69) is 5.32 Å². The van der Waals surface area contributed by atoms with E-state index in [1.807, 2.05) is 0 Å². The molecule has 4 nitrogen and oxygen atoms in total. The molecule has 0 aromatic rings. The predicted molar refractivity (Wildman–Crippen MR) is 66.3 cm³/mol. The van der Waals surface area contributed by atoms with Crippen molar-refractivity contribution in [1.82, 2.24) is 5.32 Å². The van der Waals surface area contributed by atoms with Gasteiger partial charge in [-0.2, -0.15) is 0 Å². The Balaban J connectivity index is 2.83. The molecule has 0 unspecified atom stereocenters. The molecule has 1 N–H and O–H groups in total. The molecule has 98 valence electrons. The van der Waals surface area contributed by atoms with E-state index in [9.17, 15) is 0 Å². The van der Waals surface area contributed by atoms with Gasteiger partial charge in [0.05, 0.1) is 13.2 Å². The van der Waals surface area contributed by atoms with Crippen molar-refractivity contribution in [3.8, 4) is 0 Å². The first-order valence-corrected chi connectivity index (χ1v) is 6.36. The Morgan fingerprint density at radius 2 is 1.62 bits per heavy atom. The maximum Gasteiger partial charge on any atom is 0.0601 e. The fourth-order valence-corrected chi connectivity index (χ4v) is 1.24. The smallest absolute Gasteiger partial charge is 0.0601 e. The van der Waals surface area contributed by atoms with Gasteiger partial charge in [0.2, 0.25) is 0 Å². The topological polar surface area (TPSA) is 39.7 Å². The van der Waals surface area contributed by atoms with Crippen molar-refractivity contribution in [2.24, 2.45) is 0 Å². The van der Waals surface area contributed by atoms with E-state index in [4.69, 9.17) is 25.8 Å². The van der Waals surface area contributed by atoms with Gasteiger partial charge >= 0.3 is 0 Å². The molecule has 0 fully saturated rings. The second-order valence-electron chi connectivity index (χ2n) is 3.36. The molecular formula is C11H24ClNO3. The summed E-state index contributed by atoms with van der Waals surface area (Å²) in [7, 11) is 1.70. The number of hydrogen-bond acceptors (Lipinski definition) is 4. The first-order chi connectivity index (χ1) is 7.91. The number of ether oxygens (including phenoxy) is 3. The third kappa shape index (κ3) is 14.1. The van der Waals surface area contributed by atoms with E-state index in [0.29, 0.717) is 12.5 Å². The van der Waals surface area contributed by atoms with Crippen molar-refractivity contribution in [2.45, 2.75) is 12.8 Å². The standard InChI is InChI=1S/C11H24ClNO3/c1-14-7-3-9-16-11-6-13-5-2-8-15-10-4-12/h13H,2-11H2,1H3. The average molecular weight is 254 g/mol. The van der Waals surface area contributed by atoms with Gasteiger partial charge in [0.15, 0.2) is 0 Å². The van der Waals surface area contributed by atoms with E-state index in [1.165, 1.54) is 0 Å². The molecular weight excluding hydrogens is 230 g/mol. The van der Waals surface area contributed by atoms with E-state index in [1.54, 1.807) is 7.11 Å². The van der Waals surface area contributed by atoms with Crippen molar-refractivity contribution in [3.05, 3.63) is 0 Å². The molecule has 0 radical (unpaired) electrons. The predicted octanol–water partition coefficient (Wildman–Crippen LogP) is 1.27. The van der Waals surface area contributed by atoms with Crippen molar-refractivity contribution in [2.75, 3.05) is 59.1 Å². The van der Waals surface area contributed by atoms with Crippen molar-refractivity contribution in [3.63, 3.8) is 0 Å². The third-order valence-electron chi connectivity index (χ3n) is 1.92. The van der Waals surface area contributed by atoms with Gasteiger partial charge in [-0.15, -0.1) is 11.6 Å². The van der Waals surface area contributed by atoms with E-state index < -0.39 is 0 Å². The molecule has 0 amide bonds. The minimum absolute atomic E-state index is 0.572. The van der Waals surface area contributed by atoms with Gasteiger partial charge in [-0.05, 0) is 19.4 Å². The highest BCUT2D eigenvalue weighted by Gasteiger charge is 1.91. The fourth-order valence-electron chi connectivity index (χ4n) is 1.13. The Bertz CT molecular complexity index is 114. The van der Waals surface area contributed by atoms with Gasteiger partial charge in [-0.25, -0.2) is 0 Å². The lowest BCUT2D eigenvalue weighted by molar-refractivity contribution is 0.103. The van der Waals surface area contributed by atoms with Gasteiger partial charge < -0.3 is 19.5 Å². The molecule has 0 aliphatic heterocycles. The van der Waals surface area contributed by atoms with Crippen LogP contribution in [0.25, 0.3) is 0 Å². The number of hydrogen-bond donors (Lipinski definition) is 1. The lowest BCUT2D eigenvalue weighted by Crippen LogP contribution is -2.22. The van der Waals surface area contributed by atoms with Gasteiger partial charge in [0.25, 0.3) is 0 Å². The Kier molecular flexibility index (Phi) is 15.3. The van der Waals surface area contributed by atoms with Crippen LogP contribution in [-0.4, -0.2) is 59.1 Å². The molecule has 0 spiro atoms. The summed E-state index contributed by atoms with van der Waals surface area (Å²) < 4.78 is 15.5. The first kappa shape index (κ1) is 16.1. The van der Waals surface area contributed by atoms with Crippen molar-refractivity contribution >= 4 is 11.6 Å². The fraction of sp³-hybridized carbons (Fsp3) is 1.00. The van der Waals surface area contributed by atoms with Gasteiger partial charge in [-0.1, -0.05) is 0 Å². The highest BCUT2D eigenvalue weighted by Crippen LogP contribution is 1.84. The zero-order valence-corrected chi connectivity index (χ0v) is 10.9. The number of nitrogens with one attached hydrogen (secondary N) is 1. The molecule has 0 rings (SSSR count). The van der Waals surface area contributed by atoms with Crippen LogP contribution in [0.2, 0.25) is 0 Å². The van der Waals surface area contributed by atoms with Crippen LogP contribution < -0.4 is 5.32 Å². The number of rotatable bonds is 13. The SMILES string of the molecule is COCCCOCCNCCCOCCCl. The summed E-state index contributed by atoms with van der Waals surface area (Å²) in [5, 5.41) is 3.28. The summed E-state index contributed by atoms with van der Waals surface area (Å²) in [6.07, 6.45) is 1.98. The monoisotopic (exact) mass is 253 g/mol. The minimum atomic E-state index is 0.572. The Labute approximate surface area is 104 Å². The van der Waals surface area contributed by atoms with Crippen LogP contribution in [0.4, 0.5) is 0 Å². The second kappa shape index (κ2) is 15.1. The summed E-state index contributed by atoms with van der Waals surface area (Å²) in [5.41, 5.74) is 0. The summed E-state index contributed by atoms with van der Waals surface area (Å²) in [6, 6.07) is 0. The van der Waals surface area contributed by atoms with E-state index >= 15 is 0 Å². The quantitative estimate of drug-likeness (QED) is 0.397. The van der Waals surface area contributed by atoms with Gasteiger partial charge in [-0.3, -0.25) is 0 Å². The molecule has 0 saturated heterocycles. The maximum absolute atomic E-state index is 5.47. The van der Waals surface area contributed by atoms with E-state index in [-0.39, 0.29) is 0 Å². The molecule has 0 saturated carbocycles. The van der Waals surface area contributed by atoms with Gasteiger partial charge in [0, 0.05) is 39.4 Å². The molecule has 0 atom stereocenters. The Morgan fingerprint density at radius 1 is 0.875 bits per heavy atom. The number of methoxy groups -OCH3 is 1. The summed E-state index contributed by atoms with van der Waals surface area (Å²) in [5.74, 6) is 0.572. The lowest BCUT2D eigenvalue weighted by Gasteiger charge is -2.06. The Hall–Kier alpha value is 0.130. The van der Waals surface area contributed by atoms with Crippen LogP contribution >= 0.6 is 11.6 Å². The first-order valence-electron chi connectivity index (χ1n) is 5.83. The highest BCUT2D eigenvalue weighted by atomic mass is 35.5. The summed E-state index contributed by atoms with van der Waals surface area (Å²) in [4.78, 5) is 0. The van der Waals surface area contributed by atoms with Crippen LogP contribution in [-0.2, 0) is 14.2 Å². The summed E-state index contributed by atoms with van der Waals surface area (Å²) >= 11 is 5.47. The molecule has 5 heteroatoms. The third-order valence-corrected chi connectivity index (χ3v) is 2.08.